The van der Waals surface area contributed by atoms with Crippen molar-refractivity contribution >= 4 is 11.7 Å². The van der Waals surface area contributed by atoms with E-state index in [9.17, 15) is 4.79 Å². The second-order valence-electron chi connectivity index (χ2n) is 6.83. The molecule has 3 aliphatic heterocycles. The number of hydrogen-bond donors (Lipinski definition) is 0. The molecule has 3 aliphatic rings. The number of rotatable bonds is 3. The average Bonchev–Trinajstić information content (AvgIpc) is 2.55. The number of aryl methyl sites for hydroxylation is 2. The van der Waals surface area contributed by atoms with Crippen molar-refractivity contribution in [2.24, 2.45) is 0 Å². The van der Waals surface area contributed by atoms with Gasteiger partial charge in [-0.05, 0) is 25.8 Å². The van der Waals surface area contributed by atoms with Crippen LogP contribution in [0.1, 0.15) is 23.5 Å². The highest BCUT2D eigenvalue weighted by Gasteiger charge is 2.47. The van der Waals surface area contributed by atoms with E-state index in [1.54, 1.807) is 0 Å². The van der Waals surface area contributed by atoms with Gasteiger partial charge in [0, 0.05) is 24.8 Å². The predicted molar refractivity (Wildman–Crippen MR) is 92.9 cm³/mol. The third-order valence-corrected chi connectivity index (χ3v) is 4.96. The van der Waals surface area contributed by atoms with Gasteiger partial charge in [-0.15, -0.1) is 0 Å². The largest absolute Gasteiger partial charge is 0.352 e. The molecule has 1 aromatic carbocycles. The van der Waals surface area contributed by atoms with E-state index in [1.807, 2.05) is 50.2 Å². The summed E-state index contributed by atoms with van der Waals surface area (Å²) in [6.07, 6.45) is 1.61. The fourth-order valence-electron chi connectivity index (χ4n) is 3.93. The molecular weight excluding hydrogens is 300 g/mol. The summed E-state index contributed by atoms with van der Waals surface area (Å²) in [6, 6.07) is 12.7. The monoisotopic (exact) mass is 322 g/mol. The molecule has 4 heterocycles. The normalized spacial score (nSPS) is 22.2. The Morgan fingerprint density at radius 3 is 2.50 bits per heavy atom. The standard InChI is InChI=1S/C19H22N4O/c1-13-8-18(21-14(2)20-13)22-11-16-10-17(12-22)23(16)19(24)9-15-6-4-3-5-7-15/h3-8,16-17H,9-12H2,1-2H3. The van der Waals surface area contributed by atoms with Crippen LogP contribution in [-0.4, -0.2) is 45.9 Å². The molecular formula is C19H22N4O. The van der Waals surface area contributed by atoms with Crippen molar-refractivity contribution in [1.29, 1.82) is 0 Å². The van der Waals surface area contributed by atoms with Crippen LogP contribution in [0.4, 0.5) is 5.82 Å². The van der Waals surface area contributed by atoms with E-state index in [4.69, 9.17) is 0 Å². The molecule has 5 heteroatoms. The number of carbonyl (C=O) groups is 1. The molecule has 2 atom stereocenters. The number of anilines is 1. The van der Waals surface area contributed by atoms with Crippen LogP contribution < -0.4 is 4.90 Å². The Balaban J connectivity index is 1.44. The highest BCUT2D eigenvalue weighted by atomic mass is 16.2. The third kappa shape index (κ3) is 2.75. The van der Waals surface area contributed by atoms with Gasteiger partial charge in [-0.25, -0.2) is 9.97 Å². The first kappa shape index (κ1) is 15.1. The summed E-state index contributed by atoms with van der Waals surface area (Å²) in [5, 5.41) is 0. The van der Waals surface area contributed by atoms with Crippen molar-refractivity contribution < 1.29 is 4.79 Å². The SMILES string of the molecule is Cc1cc(N2CC3CC(C2)N3C(=O)Cc2ccccc2)nc(C)n1. The molecule has 5 rings (SSSR count). The lowest BCUT2D eigenvalue weighted by atomic mass is 9.86. The number of amides is 1. The molecule has 3 fully saturated rings. The zero-order valence-corrected chi connectivity index (χ0v) is 14.1. The number of piperazine rings is 1. The Morgan fingerprint density at radius 2 is 1.83 bits per heavy atom. The minimum atomic E-state index is 0.247. The highest BCUT2D eigenvalue weighted by molar-refractivity contribution is 5.81. The fraction of sp³-hybridized carbons (Fsp3) is 0.421. The molecule has 24 heavy (non-hydrogen) atoms. The van der Waals surface area contributed by atoms with Crippen molar-refractivity contribution in [3.8, 4) is 0 Å². The van der Waals surface area contributed by atoms with Gasteiger partial charge in [0.15, 0.2) is 0 Å². The van der Waals surface area contributed by atoms with Crippen LogP contribution in [-0.2, 0) is 11.2 Å². The maximum Gasteiger partial charge on any atom is 0.227 e. The molecule has 0 spiro atoms. The summed E-state index contributed by atoms with van der Waals surface area (Å²) < 4.78 is 0. The van der Waals surface area contributed by atoms with Crippen molar-refractivity contribution in [2.75, 3.05) is 18.0 Å². The maximum absolute atomic E-state index is 12.6. The van der Waals surface area contributed by atoms with Gasteiger partial charge < -0.3 is 9.80 Å². The predicted octanol–water partition coefficient (Wildman–Crippen LogP) is 2.13. The summed E-state index contributed by atoms with van der Waals surface area (Å²) in [5.74, 6) is 2.04. The molecule has 1 aromatic heterocycles. The molecule has 0 aliphatic carbocycles. The average molecular weight is 322 g/mol. The number of aromatic nitrogens is 2. The number of fused-ring (bicyclic) bond motifs is 2. The molecule has 3 saturated heterocycles. The highest BCUT2D eigenvalue weighted by Crippen LogP contribution is 2.34. The van der Waals surface area contributed by atoms with E-state index in [0.29, 0.717) is 18.5 Å². The Kier molecular flexibility index (Phi) is 3.71. The lowest BCUT2D eigenvalue weighted by Crippen LogP contribution is -2.70. The van der Waals surface area contributed by atoms with Gasteiger partial charge >= 0.3 is 0 Å². The molecule has 5 nitrogen and oxygen atoms in total. The topological polar surface area (TPSA) is 49.3 Å². The summed E-state index contributed by atoms with van der Waals surface area (Å²) in [5.41, 5.74) is 2.08. The number of carbonyl (C=O) groups excluding carboxylic acids is 1. The Labute approximate surface area is 142 Å². The van der Waals surface area contributed by atoms with Crippen LogP contribution >= 0.6 is 0 Å². The molecule has 2 aromatic rings. The smallest absolute Gasteiger partial charge is 0.227 e. The molecule has 124 valence electrons. The molecule has 0 N–H and O–H groups in total. The molecule has 2 bridgehead atoms. The first-order valence-electron chi connectivity index (χ1n) is 8.52. The van der Waals surface area contributed by atoms with Crippen molar-refractivity contribution in [2.45, 2.75) is 38.8 Å². The lowest BCUT2D eigenvalue weighted by Gasteiger charge is -2.56. The molecule has 1 amide bonds. The van der Waals surface area contributed by atoms with E-state index in [1.165, 1.54) is 0 Å². The quantitative estimate of drug-likeness (QED) is 0.868. The minimum Gasteiger partial charge on any atom is -0.352 e. The van der Waals surface area contributed by atoms with Gasteiger partial charge in [-0.1, -0.05) is 30.3 Å². The number of piperidine rings is 1. The first-order chi connectivity index (χ1) is 11.6. The number of hydrogen-bond acceptors (Lipinski definition) is 4. The van der Waals surface area contributed by atoms with E-state index >= 15 is 0 Å². The van der Waals surface area contributed by atoms with E-state index in [-0.39, 0.29) is 5.91 Å². The van der Waals surface area contributed by atoms with Gasteiger partial charge in [-0.3, -0.25) is 4.79 Å². The summed E-state index contributed by atoms with van der Waals surface area (Å²) in [4.78, 5) is 25.9. The van der Waals surface area contributed by atoms with Gasteiger partial charge in [0.05, 0.1) is 18.5 Å². The minimum absolute atomic E-state index is 0.247. The third-order valence-electron chi connectivity index (χ3n) is 4.96. The Morgan fingerprint density at radius 1 is 1.12 bits per heavy atom. The second-order valence-corrected chi connectivity index (χ2v) is 6.83. The summed E-state index contributed by atoms with van der Waals surface area (Å²) in [6.45, 7) is 5.66. The van der Waals surface area contributed by atoms with E-state index < -0.39 is 0 Å². The first-order valence-corrected chi connectivity index (χ1v) is 8.52. The maximum atomic E-state index is 12.6. The Hall–Kier alpha value is -2.43. The van der Waals surface area contributed by atoms with Crippen LogP contribution in [0.25, 0.3) is 0 Å². The second kappa shape index (κ2) is 5.89. The van der Waals surface area contributed by atoms with Crippen LogP contribution in [0.5, 0.6) is 0 Å². The fourth-order valence-corrected chi connectivity index (χ4v) is 3.93. The Bertz CT molecular complexity index is 729. The van der Waals surface area contributed by atoms with Gasteiger partial charge in [0.25, 0.3) is 0 Å². The number of nitrogens with zero attached hydrogens (tertiary/aromatic N) is 4. The van der Waals surface area contributed by atoms with Crippen LogP contribution in [0, 0.1) is 13.8 Å². The van der Waals surface area contributed by atoms with Crippen molar-refractivity contribution in [1.82, 2.24) is 14.9 Å². The lowest BCUT2D eigenvalue weighted by molar-refractivity contribution is -0.145. The van der Waals surface area contributed by atoms with Gasteiger partial charge in [0.1, 0.15) is 11.6 Å². The van der Waals surface area contributed by atoms with Crippen LogP contribution in [0.15, 0.2) is 36.4 Å². The van der Waals surface area contributed by atoms with Gasteiger partial charge in [0.2, 0.25) is 5.91 Å². The summed E-state index contributed by atoms with van der Waals surface area (Å²) >= 11 is 0. The zero-order valence-electron chi connectivity index (χ0n) is 14.1. The van der Waals surface area contributed by atoms with E-state index in [0.717, 1.165) is 42.4 Å². The van der Waals surface area contributed by atoms with Crippen LogP contribution in [0.3, 0.4) is 0 Å². The van der Waals surface area contributed by atoms with Crippen molar-refractivity contribution in [3.05, 3.63) is 53.5 Å². The number of benzene rings is 1. The van der Waals surface area contributed by atoms with E-state index in [2.05, 4.69) is 19.8 Å². The molecule has 0 radical (unpaired) electrons. The molecule has 0 saturated carbocycles. The molecule has 2 unspecified atom stereocenters. The van der Waals surface area contributed by atoms with Crippen molar-refractivity contribution in [3.63, 3.8) is 0 Å². The zero-order chi connectivity index (χ0) is 16.7. The van der Waals surface area contributed by atoms with Crippen LogP contribution in [0.2, 0.25) is 0 Å². The van der Waals surface area contributed by atoms with Gasteiger partial charge in [-0.2, -0.15) is 0 Å². The summed E-state index contributed by atoms with van der Waals surface area (Å²) in [7, 11) is 0.